The molecule has 2 aliphatic heterocycles. The molecule has 1 aromatic rings. The van der Waals surface area contributed by atoms with Gasteiger partial charge in [0.15, 0.2) is 0 Å². The largest absolute Gasteiger partial charge is 0.493 e. The van der Waals surface area contributed by atoms with Crippen molar-refractivity contribution in [2.75, 3.05) is 32.8 Å². The van der Waals surface area contributed by atoms with Crippen molar-refractivity contribution >= 4 is 0 Å². The minimum Gasteiger partial charge on any atom is -0.493 e. The molecule has 0 amide bonds. The van der Waals surface area contributed by atoms with Gasteiger partial charge in [0.1, 0.15) is 5.75 Å². The number of para-hydroxylation sites is 1. The molecule has 0 saturated carbocycles. The van der Waals surface area contributed by atoms with E-state index in [0.29, 0.717) is 12.0 Å². The number of rotatable bonds is 3. The van der Waals surface area contributed by atoms with Crippen LogP contribution >= 0.6 is 0 Å². The first-order valence-corrected chi connectivity index (χ1v) is 7.54. The molecule has 2 heterocycles. The van der Waals surface area contributed by atoms with Gasteiger partial charge in [-0.05, 0) is 24.5 Å². The van der Waals surface area contributed by atoms with E-state index in [1.807, 2.05) is 0 Å². The Morgan fingerprint density at radius 3 is 3.16 bits per heavy atom. The van der Waals surface area contributed by atoms with Crippen LogP contribution in [0.15, 0.2) is 24.3 Å². The Balaban J connectivity index is 1.67. The van der Waals surface area contributed by atoms with Gasteiger partial charge in [-0.2, -0.15) is 0 Å². The molecular formula is C16H24N2O. The highest BCUT2D eigenvalue weighted by Crippen LogP contribution is 2.33. The molecule has 0 bridgehead atoms. The van der Waals surface area contributed by atoms with Gasteiger partial charge in [0, 0.05) is 38.1 Å². The Morgan fingerprint density at radius 2 is 2.26 bits per heavy atom. The van der Waals surface area contributed by atoms with E-state index in [9.17, 15) is 0 Å². The Morgan fingerprint density at radius 1 is 1.37 bits per heavy atom. The van der Waals surface area contributed by atoms with Gasteiger partial charge in [0.25, 0.3) is 0 Å². The van der Waals surface area contributed by atoms with Gasteiger partial charge in [-0.3, -0.25) is 4.90 Å². The van der Waals surface area contributed by atoms with Crippen molar-refractivity contribution < 1.29 is 4.74 Å². The molecule has 3 rings (SSSR count). The van der Waals surface area contributed by atoms with E-state index in [1.54, 1.807) is 0 Å². The van der Waals surface area contributed by atoms with Crippen LogP contribution in [0.5, 0.6) is 5.75 Å². The molecule has 3 heteroatoms. The Kier molecular flexibility index (Phi) is 4.04. The van der Waals surface area contributed by atoms with E-state index in [2.05, 4.69) is 41.4 Å². The summed E-state index contributed by atoms with van der Waals surface area (Å²) in [6, 6.07) is 9.21. The van der Waals surface area contributed by atoms with E-state index in [0.717, 1.165) is 25.3 Å². The molecule has 0 aromatic heterocycles. The van der Waals surface area contributed by atoms with Crippen LogP contribution in [0.3, 0.4) is 0 Å². The highest BCUT2D eigenvalue weighted by Gasteiger charge is 2.25. The molecule has 1 N–H and O–H groups in total. The zero-order chi connectivity index (χ0) is 13.1. The lowest BCUT2D eigenvalue weighted by molar-refractivity contribution is 0.168. The van der Waals surface area contributed by atoms with Crippen LogP contribution in [0.25, 0.3) is 0 Å². The fourth-order valence-electron chi connectivity index (χ4n) is 3.25. The standard InChI is InChI=1S/C16H24N2O/c1-2-14-12-18(9-8-17-14)11-13-7-10-19-16-6-4-3-5-15(13)16/h3-6,13-14,17H,2,7-12H2,1H3. The van der Waals surface area contributed by atoms with Crippen molar-refractivity contribution in [3.05, 3.63) is 29.8 Å². The Hall–Kier alpha value is -1.06. The minimum atomic E-state index is 0.639. The van der Waals surface area contributed by atoms with Crippen molar-refractivity contribution in [1.82, 2.24) is 10.2 Å². The van der Waals surface area contributed by atoms with E-state index >= 15 is 0 Å². The van der Waals surface area contributed by atoms with Crippen LogP contribution in [0, 0.1) is 0 Å². The van der Waals surface area contributed by atoms with Gasteiger partial charge >= 0.3 is 0 Å². The summed E-state index contributed by atoms with van der Waals surface area (Å²) in [5, 5.41) is 3.59. The summed E-state index contributed by atoms with van der Waals surface area (Å²) in [5.41, 5.74) is 1.40. The first-order valence-electron chi connectivity index (χ1n) is 7.54. The monoisotopic (exact) mass is 260 g/mol. The third kappa shape index (κ3) is 2.93. The van der Waals surface area contributed by atoms with Crippen molar-refractivity contribution in [3.63, 3.8) is 0 Å². The molecule has 1 fully saturated rings. The lowest BCUT2D eigenvalue weighted by Gasteiger charge is -2.37. The highest BCUT2D eigenvalue weighted by molar-refractivity contribution is 5.37. The number of nitrogens with zero attached hydrogens (tertiary/aromatic N) is 1. The van der Waals surface area contributed by atoms with Crippen LogP contribution in [0.1, 0.15) is 31.2 Å². The summed E-state index contributed by atoms with van der Waals surface area (Å²) < 4.78 is 5.75. The average Bonchev–Trinajstić information content (AvgIpc) is 2.48. The molecule has 0 aliphatic carbocycles. The molecule has 3 nitrogen and oxygen atoms in total. The van der Waals surface area contributed by atoms with Gasteiger partial charge < -0.3 is 10.1 Å². The number of hydrogen-bond donors (Lipinski definition) is 1. The van der Waals surface area contributed by atoms with Crippen LogP contribution in [0.2, 0.25) is 0 Å². The Labute approximate surface area is 115 Å². The summed E-state index contributed by atoms with van der Waals surface area (Å²) in [6.45, 7) is 7.81. The first-order chi connectivity index (χ1) is 9.36. The highest BCUT2D eigenvalue weighted by atomic mass is 16.5. The normalized spacial score (nSPS) is 27.6. The zero-order valence-corrected chi connectivity index (χ0v) is 11.8. The smallest absolute Gasteiger partial charge is 0.122 e. The fraction of sp³-hybridized carbons (Fsp3) is 0.625. The number of nitrogens with one attached hydrogen (secondary N) is 1. The molecule has 2 aliphatic rings. The molecule has 1 aromatic carbocycles. The summed E-state index contributed by atoms with van der Waals surface area (Å²) in [6.07, 6.45) is 2.37. The second-order valence-corrected chi connectivity index (χ2v) is 5.69. The van der Waals surface area contributed by atoms with E-state index in [1.165, 1.54) is 31.6 Å². The van der Waals surface area contributed by atoms with Gasteiger partial charge in [0.2, 0.25) is 0 Å². The van der Waals surface area contributed by atoms with Gasteiger partial charge in [-0.1, -0.05) is 25.1 Å². The predicted molar refractivity (Wildman–Crippen MR) is 77.8 cm³/mol. The topological polar surface area (TPSA) is 24.5 Å². The van der Waals surface area contributed by atoms with Gasteiger partial charge in [0.05, 0.1) is 6.61 Å². The zero-order valence-electron chi connectivity index (χ0n) is 11.8. The number of hydrogen-bond acceptors (Lipinski definition) is 3. The fourth-order valence-corrected chi connectivity index (χ4v) is 3.25. The van der Waals surface area contributed by atoms with Crippen LogP contribution < -0.4 is 10.1 Å². The molecule has 19 heavy (non-hydrogen) atoms. The first kappa shape index (κ1) is 12.9. The number of ether oxygens (including phenoxy) is 1. The van der Waals surface area contributed by atoms with Crippen LogP contribution in [-0.4, -0.2) is 43.7 Å². The number of piperazine rings is 1. The third-order valence-electron chi connectivity index (χ3n) is 4.39. The minimum absolute atomic E-state index is 0.639. The van der Waals surface area contributed by atoms with E-state index < -0.39 is 0 Å². The van der Waals surface area contributed by atoms with E-state index in [4.69, 9.17) is 4.74 Å². The van der Waals surface area contributed by atoms with Crippen molar-refractivity contribution in [3.8, 4) is 5.75 Å². The maximum atomic E-state index is 5.75. The van der Waals surface area contributed by atoms with Crippen LogP contribution in [0.4, 0.5) is 0 Å². The molecule has 2 unspecified atom stereocenters. The molecular weight excluding hydrogens is 236 g/mol. The van der Waals surface area contributed by atoms with Crippen molar-refractivity contribution in [2.45, 2.75) is 31.7 Å². The molecule has 104 valence electrons. The maximum absolute atomic E-state index is 5.75. The molecule has 0 spiro atoms. The summed E-state index contributed by atoms with van der Waals surface area (Å²) >= 11 is 0. The maximum Gasteiger partial charge on any atom is 0.122 e. The predicted octanol–water partition coefficient (Wildman–Crippen LogP) is 2.24. The van der Waals surface area contributed by atoms with Crippen LogP contribution in [-0.2, 0) is 0 Å². The van der Waals surface area contributed by atoms with E-state index in [-0.39, 0.29) is 0 Å². The van der Waals surface area contributed by atoms with Crippen molar-refractivity contribution in [2.24, 2.45) is 0 Å². The quantitative estimate of drug-likeness (QED) is 0.902. The Bertz CT molecular complexity index is 421. The third-order valence-corrected chi connectivity index (χ3v) is 4.39. The number of benzene rings is 1. The second-order valence-electron chi connectivity index (χ2n) is 5.69. The SMILES string of the molecule is CCC1CN(CC2CCOc3ccccc32)CCN1. The van der Waals surface area contributed by atoms with Gasteiger partial charge in [-0.15, -0.1) is 0 Å². The average molecular weight is 260 g/mol. The molecule has 0 radical (unpaired) electrons. The summed E-state index contributed by atoms with van der Waals surface area (Å²) in [4.78, 5) is 2.62. The summed E-state index contributed by atoms with van der Waals surface area (Å²) in [5.74, 6) is 1.74. The molecule has 1 saturated heterocycles. The lowest BCUT2D eigenvalue weighted by Crippen LogP contribution is -2.51. The summed E-state index contributed by atoms with van der Waals surface area (Å²) in [7, 11) is 0. The van der Waals surface area contributed by atoms with Crippen molar-refractivity contribution in [1.29, 1.82) is 0 Å². The molecule has 2 atom stereocenters. The second kappa shape index (κ2) is 5.93. The van der Waals surface area contributed by atoms with Gasteiger partial charge in [-0.25, -0.2) is 0 Å². The lowest BCUT2D eigenvalue weighted by atomic mass is 9.92. The number of fused-ring (bicyclic) bond motifs is 1.